The predicted octanol–water partition coefficient (Wildman–Crippen LogP) is 9.02. The van der Waals surface area contributed by atoms with Gasteiger partial charge in [-0.3, -0.25) is 9.97 Å². The Labute approximate surface area is 270 Å². The molecule has 2 aromatic carbocycles. The molecule has 0 N–H and O–H groups in total. The van der Waals surface area contributed by atoms with Crippen molar-refractivity contribution in [3.05, 3.63) is 144 Å². The summed E-state index contributed by atoms with van der Waals surface area (Å²) in [6.07, 6.45) is 0. The fraction of sp³-hybridized carbons (Fsp3) is 0.135. The first kappa shape index (κ1) is 31.3. The van der Waals surface area contributed by atoms with Gasteiger partial charge in [0.25, 0.3) is 0 Å². The number of aromatic nitrogens is 4. The van der Waals surface area contributed by atoms with Gasteiger partial charge in [-0.1, -0.05) is 36.4 Å². The molecule has 0 bridgehead atoms. The highest BCUT2D eigenvalue weighted by Crippen LogP contribution is 2.39. The van der Waals surface area contributed by atoms with Gasteiger partial charge in [-0.2, -0.15) is 27.5 Å². The van der Waals surface area contributed by atoms with E-state index in [0.29, 0.717) is 22.8 Å². The van der Waals surface area contributed by atoms with Gasteiger partial charge in [-0.15, -0.1) is 0 Å². The van der Waals surface area contributed by atoms with Crippen LogP contribution in [0.2, 0.25) is 0 Å². The highest BCUT2D eigenvalue weighted by molar-refractivity contribution is 5.72. The minimum absolute atomic E-state index is 0.0254. The largest absolute Gasteiger partial charge is 0.345 e. The van der Waals surface area contributed by atoms with Gasteiger partial charge in [0.05, 0.1) is 33.9 Å². The Morgan fingerprint density at radius 2 is 0.851 bits per heavy atom. The van der Waals surface area contributed by atoms with Gasteiger partial charge in [-0.25, -0.2) is 0 Å². The van der Waals surface area contributed by atoms with Gasteiger partial charge in [0.2, 0.25) is 23.8 Å². The first-order chi connectivity index (χ1) is 22.5. The lowest BCUT2D eigenvalue weighted by atomic mass is 9.83. The molecule has 0 amide bonds. The van der Waals surface area contributed by atoms with Crippen LogP contribution in [0, 0.1) is 23.8 Å². The number of hydrogen-bond donors (Lipinski definition) is 0. The zero-order chi connectivity index (χ0) is 33.3. The van der Waals surface area contributed by atoms with Gasteiger partial charge in [0.15, 0.2) is 0 Å². The summed E-state index contributed by atoms with van der Waals surface area (Å²) < 4.78 is 57.7. The van der Waals surface area contributed by atoms with E-state index in [-0.39, 0.29) is 22.5 Å². The predicted molar refractivity (Wildman–Crippen MR) is 176 cm³/mol. The van der Waals surface area contributed by atoms with E-state index in [4.69, 9.17) is 9.97 Å². The summed E-state index contributed by atoms with van der Waals surface area (Å²) in [5, 5.41) is 0. The third-order valence-electron chi connectivity index (χ3n) is 8.14. The Hall–Kier alpha value is -5.64. The summed E-state index contributed by atoms with van der Waals surface area (Å²) in [6.45, 7) is 3.81. The maximum Gasteiger partial charge on any atom is 0.224 e. The standard InChI is InChI=1S/C37H30F4N6/c1-37(2,31-21-25(46(3)23-11-7-5-8-12-23)19-29(42-31)27-15-17-33(38)44-35(27)40)32-22-26(47(4)24-13-9-6-10-14-24)20-30(43-32)28-16-18-34(39)45-36(28)41/h5-22H,1-4H3. The normalized spacial score (nSPS) is 11.4. The minimum Gasteiger partial charge on any atom is -0.345 e. The molecular weight excluding hydrogens is 604 g/mol. The first-order valence-electron chi connectivity index (χ1n) is 14.8. The van der Waals surface area contributed by atoms with E-state index in [1.807, 2.05) is 111 Å². The Kier molecular flexibility index (Phi) is 8.42. The summed E-state index contributed by atoms with van der Waals surface area (Å²) in [6, 6.07) is 31.2. The highest BCUT2D eigenvalue weighted by atomic mass is 19.1. The van der Waals surface area contributed by atoms with Crippen molar-refractivity contribution in [2.24, 2.45) is 0 Å². The van der Waals surface area contributed by atoms with Crippen LogP contribution in [0.15, 0.2) is 109 Å². The van der Waals surface area contributed by atoms with Crippen LogP contribution in [-0.4, -0.2) is 34.0 Å². The van der Waals surface area contributed by atoms with Crippen molar-refractivity contribution < 1.29 is 17.6 Å². The van der Waals surface area contributed by atoms with Crippen molar-refractivity contribution in [2.45, 2.75) is 19.3 Å². The van der Waals surface area contributed by atoms with E-state index >= 15 is 8.78 Å². The molecule has 47 heavy (non-hydrogen) atoms. The Bertz CT molecular complexity index is 1910. The minimum atomic E-state index is -0.994. The molecule has 0 fully saturated rings. The van der Waals surface area contributed by atoms with E-state index in [0.717, 1.165) is 23.5 Å². The number of pyridine rings is 4. The summed E-state index contributed by atoms with van der Waals surface area (Å²) in [4.78, 5) is 20.3. The lowest BCUT2D eigenvalue weighted by Crippen LogP contribution is -2.24. The van der Waals surface area contributed by atoms with Gasteiger partial charge in [0, 0.05) is 42.3 Å². The molecule has 10 heteroatoms. The Morgan fingerprint density at radius 3 is 1.21 bits per heavy atom. The third kappa shape index (κ3) is 6.40. The molecule has 0 radical (unpaired) electrons. The van der Waals surface area contributed by atoms with Crippen LogP contribution in [0.25, 0.3) is 22.5 Å². The van der Waals surface area contributed by atoms with E-state index in [9.17, 15) is 8.78 Å². The fourth-order valence-electron chi connectivity index (χ4n) is 5.27. The molecule has 4 aromatic heterocycles. The van der Waals surface area contributed by atoms with E-state index in [1.165, 1.54) is 12.1 Å². The van der Waals surface area contributed by atoms with Crippen molar-refractivity contribution in [3.63, 3.8) is 0 Å². The lowest BCUT2D eigenvalue weighted by molar-refractivity contribution is 0.514. The molecule has 0 atom stereocenters. The molecule has 0 saturated heterocycles. The van der Waals surface area contributed by atoms with Crippen LogP contribution in [0.3, 0.4) is 0 Å². The van der Waals surface area contributed by atoms with Crippen LogP contribution in [0.4, 0.5) is 40.3 Å². The molecule has 0 aliphatic heterocycles. The third-order valence-corrected chi connectivity index (χ3v) is 8.14. The van der Waals surface area contributed by atoms with Crippen LogP contribution >= 0.6 is 0 Å². The summed E-state index contributed by atoms with van der Waals surface area (Å²) in [5.74, 6) is -3.87. The molecule has 0 aliphatic carbocycles. The quantitative estimate of drug-likeness (QED) is 0.123. The van der Waals surface area contributed by atoms with Crippen LogP contribution < -0.4 is 9.80 Å². The average molecular weight is 635 g/mol. The van der Waals surface area contributed by atoms with E-state index < -0.39 is 29.2 Å². The number of anilines is 4. The van der Waals surface area contributed by atoms with Crippen molar-refractivity contribution in [1.82, 2.24) is 19.9 Å². The van der Waals surface area contributed by atoms with Crippen LogP contribution in [0.5, 0.6) is 0 Å². The molecule has 6 aromatic rings. The maximum atomic E-state index is 15.1. The van der Waals surface area contributed by atoms with Gasteiger partial charge in [-0.05, 0) is 86.6 Å². The van der Waals surface area contributed by atoms with Gasteiger partial charge < -0.3 is 9.80 Å². The van der Waals surface area contributed by atoms with E-state index in [1.54, 1.807) is 12.1 Å². The number of benzene rings is 2. The smallest absolute Gasteiger partial charge is 0.224 e. The second kappa shape index (κ2) is 12.6. The summed E-state index contributed by atoms with van der Waals surface area (Å²) in [7, 11) is 3.75. The molecule has 6 rings (SSSR count). The zero-order valence-corrected chi connectivity index (χ0v) is 26.1. The molecular formula is C37H30F4N6. The molecule has 4 heterocycles. The molecule has 0 spiro atoms. The summed E-state index contributed by atoms with van der Waals surface area (Å²) >= 11 is 0. The van der Waals surface area contributed by atoms with Crippen molar-refractivity contribution in [3.8, 4) is 22.5 Å². The monoisotopic (exact) mass is 634 g/mol. The number of nitrogens with zero attached hydrogens (tertiary/aromatic N) is 6. The van der Waals surface area contributed by atoms with E-state index in [2.05, 4.69) is 9.97 Å². The van der Waals surface area contributed by atoms with Gasteiger partial charge >= 0.3 is 0 Å². The SMILES string of the molecule is CN(c1ccccc1)c1cc(-c2ccc(F)nc2F)nc(C(C)(C)c2cc(N(C)c3ccccc3)cc(-c3ccc(F)nc3F)n2)c1. The second-order valence-corrected chi connectivity index (χ2v) is 11.6. The average Bonchev–Trinajstić information content (AvgIpc) is 3.08. The Balaban J connectivity index is 1.56. The Morgan fingerprint density at radius 1 is 0.468 bits per heavy atom. The number of halogens is 4. The number of hydrogen-bond acceptors (Lipinski definition) is 6. The maximum absolute atomic E-state index is 15.1. The van der Waals surface area contributed by atoms with Gasteiger partial charge in [0.1, 0.15) is 0 Å². The molecule has 0 saturated carbocycles. The fourth-order valence-corrected chi connectivity index (χ4v) is 5.27. The lowest BCUT2D eigenvalue weighted by Gasteiger charge is -2.29. The number of para-hydroxylation sites is 2. The van der Waals surface area contributed by atoms with Crippen molar-refractivity contribution in [2.75, 3.05) is 23.9 Å². The van der Waals surface area contributed by atoms with Crippen molar-refractivity contribution in [1.29, 1.82) is 0 Å². The summed E-state index contributed by atoms with van der Waals surface area (Å²) in [5.41, 5.74) is 3.69. The van der Waals surface area contributed by atoms with Crippen LogP contribution in [0.1, 0.15) is 25.2 Å². The molecule has 6 nitrogen and oxygen atoms in total. The van der Waals surface area contributed by atoms with Crippen LogP contribution in [-0.2, 0) is 5.41 Å². The molecule has 0 aliphatic rings. The molecule has 0 unspecified atom stereocenters. The molecule has 236 valence electrons. The van der Waals surface area contributed by atoms with Crippen molar-refractivity contribution >= 4 is 22.7 Å². The second-order valence-electron chi connectivity index (χ2n) is 11.6. The number of rotatable bonds is 8. The zero-order valence-electron chi connectivity index (χ0n) is 26.1. The highest BCUT2D eigenvalue weighted by Gasteiger charge is 2.30. The topological polar surface area (TPSA) is 58.0 Å². The first-order valence-corrected chi connectivity index (χ1v) is 14.8.